The van der Waals surface area contributed by atoms with E-state index in [0.29, 0.717) is 0 Å². The largest absolute Gasteiger partial charge is 0.345 e. The van der Waals surface area contributed by atoms with Crippen molar-refractivity contribution in [3.05, 3.63) is 35.9 Å². The third-order valence-electron chi connectivity index (χ3n) is 1.98. The maximum atomic E-state index is 6.10. The molecule has 2 heteroatoms. The van der Waals surface area contributed by atoms with Crippen molar-refractivity contribution >= 4 is 11.6 Å². The van der Waals surface area contributed by atoms with Crippen molar-refractivity contribution in [3.8, 4) is 0 Å². The molecule has 1 aromatic rings. The van der Waals surface area contributed by atoms with E-state index in [-0.39, 0.29) is 6.10 Å². The summed E-state index contributed by atoms with van der Waals surface area (Å²) in [6.07, 6.45) is 0.145. The molecule has 0 radical (unpaired) electrons. The molecule has 0 aromatic heterocycles. The van der Waals surface area contributed by atoms with Crippen LogP contribution in [0.1, 0.15) is 12.5 Å². The molecule has 1 saturated heterocycles. The van der Waals surface area contributed by atoms with Gasteiger partial charge >= 0.3 is 0 Å². The quantitative estimate of drug-likeness (QED) is 0.464. The molecule has 0 saturated carbocycles. The van der Waals surface area contributed by atoms with Gasteiger partial charge < -0.3 is 4.74 Å². The second kappa shape index (κ2) is 2.23. The molecule has 1 aromatic carbocycles. The van der Waals surface area contributed by atoms with Gasteiger partial charge in [0.15, 0.2) is 5.06 Å². The Kier molecular flexibility index (Phi) is 1.44. The van der Waals surface area contributed by atoms with Gasteiger partial charge in [0.2, 0.25) is 0 Å². The highest BCUT2D eigenvalue weighted by Crippen LogP contribution is 2.49. The van der Waals surface area contributed by atoms with E-state index in [1.54, 1.807) is 0 Å². The van der Waals surface area contributed by atoms with Crippen LogP contribution in [0.5, 0.6) is 0 Å². The number of alkyl halides is 1. The number of ether oxygens (including phenoxy) is 1. The van der Waals surface area contributed by atoms with Gasteiger partial charge in [-0.15, -0.1) is 0 Å². The van der Waals surface area contributed by atoms with E-state index >= 15 is 0 Å². The van der Waals surface area contributed by atoms with Crippen LogP contribution < -0.4 is 0 Å². The average molecular weight is 169 g/mol. The third kappa shape index (κ3) is 1.05. The summed E-state index contributed by atoms with van der Waals surface area (Å²) in [5, 5.41) is -0.527. The fourth-order valence-electron chi connectivity index (χ4n) is 1.19. The molecule has 1 nitrogen and oxygen atoms in total. The molecule has 1 heterocycles. The lowest BCUT2D eigenvalue weighted by Gasteiger charge is -2.01. The first-order valence-corrected chi connectivity index (χ1v) is 4.03. The summed E-state index contributed by atoms with van der Waals surface area (Å²) in [4.78, 5) is 0. The van der Waals surface area contributed by atoms with Crippen LogP contribution in [0.25, 0.3) is 0 Å². The minimum atomic E-state index is -0.527. The lowest BCUT2D eigenvalue weighted by molar-refractivity contribution is 0.361. The number of rotatable bonds is 1. The van der Waals surface area contributed by atoms with Gasteiger partial charge in [0, 0.05) is 5.56 Å². The zero-order chi connectivity index (χ0) is 7.90. The van der Waals surface area contributed by atoms with Crippen LogP contribution in [0.4, 0.5) is 0 Å². The van der Waals surface area contributed by atoms with Gasteiger partial charge in [-0.1, -0.05) is 41.9 Å². The fraction of sp³-hybridized carbons (Fsp3) is 0.333. The Morgan fingerprint density at radius 1 is 1.36 bits per heavy atom. The summed E-state index contributed by atoms with van der Waals surface area (Å²) in [7, 11) is 0. The van der Waals surface area contributed by atoms with Gasteiger partial charge in [-0.2, -0.15) is 0 Å². The summed E-state index contributed by atoms with van der Waals surface area (Å²) >= 11 is 6.10. The van der Waals surface area contributed by atoms with E-state index in [1.807, 2.05) is 37.3 Å². The Morgan fingerprint density at radius 2 is 1.91 bits per heavy atom. The van der Waals surface area contributed by atoms with Crippen LogP contribution in [0, 0.1) is 0 Å². The maximum Gasteiger partial charge on any atom is 0.193 e. The average Bonchev–Trinajstić information content (AvgIpc) is 2.64. The third-order valence-corrected chi connectivity index (χ3v) is 2.60. The summed E-state index contributed by atoms with van der Waals surface area (Å²) < 4.78 is 5.26. The van der Waals surface area contributed by atoms with Gasteiger partial charge in [0.25, 0.3) is 0 Å². The number of hydrogen-bond donors (Lipinski definition) is 0. The molecule has 11 heavy (non-hydrogen) atoms. The van der Waals surface area contributed by atoms with Crippen molar-refractivity contribution in [3.63, 3.8) is 0 Å². The van der Waals surface area contributed by atoms with Crippen LogP contribution in [-0.2, 0) is 9.80 Å². The Balaban J connectivity index is 2.32. The van der Waals surface area contributed by atoms with Gasteiger partial charge in [-0.3, -0.25) is 0 Å². The minimum Gasteiger partial charge on any atom is -0.345 e. The molecule has 0 bridgehead atoms. The van der Waals surface area contributed by atoms with Crippen molar-refractivity contribution in [1.82, 2.24) is 0 Å². The molecule has 58 valence electrons. The number of epoxide rings is 1. The van der Waals surface area contributed by atoms with Crippen LogP contribution >= 0.6 is 11.6 Å². The van der Waals surface area contributed by atoms with Crippen molar-refractivity contribution in [2.75, 3.05) is 0 Å². The van der Waals surface area contributed by atoms with Gasteiger partial charge in [-0.05, 0) is 6.92 Å². The molecule has 1 aliphatic rings. The van der Waals surface area contributed by atoms with Gasteiger partial charge in [0.1, 0.15) is 6.10 Å². The Hall–Kier alpha value is -0.530. The Bertz CT molecular complexity index is 260. The lowest BCUT2D eigenvalue weighted by Crippen LogP contribution is -2.00. The summed E-state index contributed by atoms with van der Waals surface area (Å²) in [6.45, 7) is 1.97. The predicted octanol–water partition coefficient (Wildman–Crippen LogP) is 2.50. The first-order valence-electron chi connectivity index (χ1n) is 3.66. The smallest absolute Gasteiger partial charge is 0.193 e. The monoisotopic (exact) mass is 168 g/mol. The highest BCUT2D eigenvalue weighted by molar-refractivity contribution is 6.25. The molecule has 2 unspecified atom stereocenters. The Morgan fingerprint density at radius 3 is 2.36 bits per heavy atom. The molecule has 0 spiro atoms. The molecule has 0 N–H and O–H groups in total. The van der Waals surface area contributed by atoms with E-state index in [4.69, 9.17) is 16.3 Å². The second-order valence-electron chi connectivity index (χ2n) is 2.77. The molecule has 2 atom stereocenters. The number of halogens is 1. The standard InChI is InChI=1S/C9H9ClO/c1-7-9(10,11-7)8-5-3-2-4-6-8/h2-7H,1H3. The van der Waals surface area contributed by atoms with Crippen molar-refractivity contribution in [2.45, 2.75) is 18.1 Å². The van der Waals surface area contributed by atoms with E-state index in [2.05, 4.69) is 0 Å². The molecule has 0 amide bonds. The molecular formula is C9H9ClO. The van der Waals surface area contributed by atoms with E-state index in [9.17, 15) is 0 Å². The van der Waals surface area contributed by atoms with Gasteiger partial charge in [0.05, 0.1) is 0 Å². The topological polar surface area (TPSA) is 12.5 Å². The molecule has 0 aliphatic carbocycles. The zero-order valence-electron chi connectivity index (χ0n) is 6.25. The van der Waals surface area contributed by atoms with E-state index in [0.717, 1.165) is 5.56 Å². The summed E-state index contributed by atoms with van der Waals surface area (Å²) in [5.74, 6) is 0. The number of hydrogen-bond acceptors (Lipinski definition) is 1. The van der Waals surface area contributed by atoms with Crippen molar-refractivity contribution in [2.24, 2.45) is 0 Å². The SMILES string of the molecule is CC1OC1(Cl)c1ccccc1. The Labute approximate surface area is 70.9 Å². The summed E-state index contributed by atoms with van der Waals surface area (Å²) in [5.41, 5.74) is 1.05. The fourth-order valence-corrected chi connectivity index (χ4v) is 1.45. The van der Waals surface area contributed by atoms with Crippen molar-refractivity contribution in [1.29, 1.82) is 0 Å². The maximum absolute atomic E-state index is 6.10. The first kappa shape index (κ1) is 7.14. The molecule has 2 rings (SSSR count). The second-order valence-corrected chi connectivity index (χ2v) is 3.33. The lowest BCUT2D eigenvalue weighted by atomic mass is 10.1. The number of benzene rings is 1. The zero-order valence-corrected chi connectivity index (χ0v) is 7.01. The predicted molar refractivity (Wildman–Crippen MR) is 44.5 cm³/mol. The summed E-state index contributed by atoms with van der Waals surface area (Å²) in [6, 6.07) is 9.87. The van der Waals surface area contributed by atoms with E-state index < -0.39 is 5.06 Å². The van der Waals surface area contributed by atoms with Crippen LogP contribution in [0.2, 0.25) is 0 Å². The first-order chi connectivity index (χ1) is 5.23. The van der Waals surface area contributed by atoms with Crippen molar-refractivity contribution < 1.29 is 4.74 Å². The molecule has 1 aliphatic heterocycles. The minimum absolute atomic E-state index is 0.145. The highest BCUT2D eigenvalue weighted by atomic mass is 35.5. The molecular weight excluding hydrogens is 160 g/mol. The van der Waals surface area contributed by atoms with Crippen LogP contribution in [0.15, 0.2) is 30.3 Å². The van der Waals surface area contributed by atoms with E-state index in [1.165, 1.54) is 0 Å². The van der Waals surface area contributed by atoms with Crippen LogP contribution in [-0.4, -0.2) is 6.10 Å². The van der Waals surface area contributed by atoms with Gasteiger partial charge in [-0.25, -0.2) is 0 Å². The van der Waals surface area contributed by atoms with Crippen LogP contribution in [0.3, 0.4) is 0 Å². The highest BCUT2D eigenvalue weighted by Gasteiger charge is 2.53. The molecule has 1 fully saturated rings. The normalized spacial score (nSPS) is 35.3.